The van der Waals surface area contributed by atoms with Gasteiger partial charge in [0.1, 0.15) is 18.4 Å². The smallest absolute Gasteiger partial charge is 0.243 e. The predicted molar refractivity (Wildman–Crippen MR) is 77.7 cm³/mol. The highest BCUT2D eigenvalue weighted by atomic mass is 79.9. The van der Waals surface area contributed by atoms with Crippen molar-refractivity contribution < 1.29 is 9.18 Å². The summed E-state index contributed by atoms with van der Waals surface area (Å²) in [5.41, 5.74) is 0.815. The number of hydrogen-bond acceptors (Lipinski definition) is 3. The third-order valence-corrected chi connectivity index (χ3v) is 3.99. The first kappa shape index (κ1) is 14.8. The predicted octanol–water partition coefficient (Wildman–Crippen LogP) is 2.59. The van der Waals surface area contributed by atoms with E-state index < -0.39 is 0 Å². The number of carbonyl (C=O) groups excluding carboxylic acids is 1. The molecule has 1 unspecified atom stereocenters. The molecule has 1 aromatic rings. The number of nitriles is 1. The summed E-state index contributed by atoms with van der Waals surface area (Å²) in [6.45, 7) is 0.763. The van der Waals surface area contributed by atoms with E-state index >= 15 is 0 Å². The van der Waals surface area contributed by atoms with Crippen molar-refractivity contribution in [1.29, 1.82) is 5.26 Å². The van der Waals surface area contributed by atoms with Crippen molar-refractivity contribution >= 4 is 27.5 Å². The SMILES string of the molecule is N#CCNC(=O)C1CCCCN1c1ccc(F)c(Br)c1. The molecular weight excluding hydrogens is 325 g/mol. The average Bonchev–Trinajstić information content (AvgIpc) is 2.47. The highest BCUT2D eigenvalue weighted by Crippen LogP contribution is 2.28. The minimum Gasteiger partial charge on any atom is -0.359 e. The minimum absolute atomic E-state index is 0.0102. The molecule has 1 atom stereocenters. The fourth-order valence-electron chi connectivity index (χ4n) is 2.42. The first-order chi connectivity index (χ1) is 9.63. The molecule has 0 radical (unpaired) electrons. The van der Waals surface area contributed by atoms with Gasteiger partial charge < -0.3 is 10.2 Å². The summed E-state index contributed by atoms with van der Waals surface area (Å²) in [7, 11) is 0. The number of amides is 1. The highest BCUT2D eigenvalue weighted by molar-refractivity contribution is 9.10. The molecule has 1 aliphatic rings. The van der Waals surface area contributed by atoms with Crippen LogP contribution in [-0.2, 0) is 4.79 Å². The molecule has 106 valence electrons. The molecule has 1 saturated heterocycles. The Morgan fingerprint density at radius 2 is 2.35 bits per heavy atom. The zero-order chi connectivity index (χ0) is 14.5. The van der Waals surface area contributed by atoms with Crippen LogP contribution in [0.2, 0.25) is 0 Å². The molecule has 4 nitrogen and oxygen atoms in total. The van der Waals surface area contributed by atoms with Gasteiger partial charge in [-0.15, -0.1) is 0 Å². The van der Waals surface area contributed by atoms with Gasteiger partial charge in [-0.1, -0.05) is 0 Å². The van der Waals surface area contributed by atoms with Crippen LogP contribution in [-0.4, -0.2) is 25.0 Å². The maximum atomic E-state index is 13.3. The van der Waals surface area contributed by atoms with Crippen molar-refractivity contribution in [2.75, 3.05) is 18.0 Å². The molecule has 0 bridgehead atoms. The molecule has 1 N–H and O–H groups in total. The normalized spacial score (nSPS) is 18.4. The lowest BCUT2D eigenvalue weighted by Crippen LogP contribution is -2.49. The van der Waals surface area contributed by atoms with Crippen LogP contribution in [0.15, 0.2) is 22.7 Å². The number of hydrogen-bond donors (Lipinski definition) is 1. The summed E-state index contributed by atoms with van der Waals surface area (Å²) in [5.74, 6) is -0.470. The van der Waals surface area contributed by atoms with E-state index in [1.165, 1.54) is 6.07 Å². The topological polar surface area (TPSA) is 56.1 Å². The minimum atomic E-state index is -0.323. The van der Waals surface area contributed by atoms with Crippen LogP contribution in [0.5, 0.6) is 0 Å². The number of rotatable bonds is 3. The van der Waals surface area contributed by atoms with Crippen molar-refractivity contribution in [2.24, 2.45) is 0 Å². The summed E-state index contributed by atoms with van der Waals surface area (Å²) in [5, 5.41) is 11.1. The Bertz CT molecular complexity index is 544. The maximum Gasteiger partial charge on any atom is 0.243 e. The summed E-state index contributed by atoms with van der Waals surface area (Å²) >= 11 is 3.17. The Balaban J connectivity index is 2.20. The lowest BCUT2D eigenvalue weighted by atomic mass is 10.0. The van der Waals surface area contributed by atoms with Crippen molar-refractivity contribution in [3.05, 3.63) is 28.5 Å². The number of benzene rings is 1. The summed E-state index contributed by atoms with van der Waals surface area (Å²) in [4.78, 5) is 14.1. The van der Waals surface area contributed by atoms with Gasteiger partial charge in [-0.05, 0) is 53.4 Å². The average molecular weight is 340 g/mol. The molecule has 1 aliphatic heterocycles. The number of anilines is 1. The Morgan fingerprint density at radius 1 is 1.55 bits per heavy atom. The van der Waals surface area contributed by atoms with Gasteiger partial charge in [-0.25, -0.2) is 4.39 Å². The Labute approximate surface area is 125 Å². The van der Waals surface area contributed by atoms with Crippen LogP contribution in [0.1, 0.15) is 19.3 Å². The second-order valence-corrected chi connectivity index (χ2v) is 5.53. The molecule has 6 heteroatoms. The second-order valence-electron chi connectivity index (χ2n) is 4.68. The van der Waals surface area contributed by atoms with Gasteiger partial charge in [0.15, 0.2) is 0 Å². The monoisotopic (exact) mass is 339 g/mol. The van der Waals surface area contributed by atoms with E-state index in [0.29, 0.717) is 4.47 Å². The Morgan fingerprint density at radius 3 is 3.05 bits per heavy atom. The van der Waals surface area contributed by atoms with Crippen LogP contribution >= 0.6 is 15.9 Å². The number of nitrogens with zero attached hydrogens (tertiary/aromatic N) is 2. The van der Waals surface area contributed by atoms with Crippen LogP contribution < -0.4 is 10.2 Å². The summed E-state index contributed by atoms with van der Waals surface area (Å²) in [6, 6.07) is 6.35. The molecule has 0 spiro atoms. The van der Waals surface area contributed by atoms with E-state index in [9.17, 15) is 9.18 Å². The van der Waals surface area contributed by atoms with E-state index in [-0.39, 0.29) is 24.3 Å². The molecule has 0 aromatic heterocycles. The van der Waals surface area contributed by atoms with Crippen molar-refractivity contribution in [3.8, 4) is 6.07 Å². The largest absolute Gasteiger partial charge is 0.359 e. The quantitative estimate of drug-likeness (QED) is 0.861. The fourth-order valence-corrected chi connectivity index (χ4v) is 2.79. The van der Waals surface area contributed by atoms with Gasteiger partial charge >= 0.3 is 0 Å². The Hall–Kier alpha value is -1.61. The van der Waals surface area contributed by atoms with Gasteiger partial charge in [0.25, 0.3) is 0 Å². The first-order valence-corrected chi connectivity index (χ1v) is 7.29. The molecule has 1 fully saturated rings. The fraction of sp³-hybridized carbons (Fsp3) is 0.429. The van der Waals surface area contributed by atoms with Crippen molar-refractivity contribution in [1.82, 2.24) is 5.32 Å². The molecule has 1 heterocycles. The maximum absolute atomic E-state index is 13.3. The zero-order valence-electron chi connectivity index (χ0n) is 10.9. The van der Waals surface area contributed by atoms with Crippen LogP contribution in [0, 0.1) is 17.1 Å². The Kier molecular flexibility index (Phi) is 4.96. The van der Waals surface area contributed by atoms with E-state index in [4.69, 9.17) is 5.26 Å². The lowest BCUT2D eigenvalue weighted by molar-refractivity contribution is -0.122. The zero-order valence-corrected chi connectivity index (χ0v) is 12.5. The van der Waals surface area contributed by atoms with Gasteiger partial charge in [-0.3, -0.25) is 4.79 Å². The highest BCUT2D eigenvalue weighted by Gasteiger charge is 2.28. The lowest BCUT2D eigenvalue weighted by Gasteiger charge is -2.36. The molecule has 0 saturated carbocycles. The van der Waals surface area contributed by atoms with Gasteiger partial charge in [0, 0.05) is 12.2 Å². The third-order valence-electron chi connectivity index (χ3n) is 3.38. The van der Waals surface area contributed by atoms with Crippen LogP contribution in [0.3, 0.4) is 0 Å². The van der Waals surface area contributed by atoms with E-state index in [2.05, 4.69) is 21.2 Å². The molecule has 20 heavy (non-hydrogen) atoms. The van der Waals surface area contributed by atoms with Gasteiger partial charge in [0.2, 0.25) is 5.91 Å². The standard InChI is InChI=1S/C14H15BrFN3O/c15-11-9-10(4-5-12(11)16)19-8-2-1-3-13(19)14(20)18-7-6-17/h4-5,9,13H,1-3,7-8H2,(H,18,20). The molecule has 0 aliphatic carbocycles. The number of carbonyl (C=O) groups is 1. The first-order valence-electron chi connectivity index (χ1n) is 6.50. The van der Waals surface area contributed by atoms with E-state index in [1.54, 1.807) is 12.1 Å². The number of halogens is 2. The van der Waals surface area contributed by atoms with E-state index in [1.807, 2.05) is 11.0 Å². The van der Waals surface area contributed by atoms with Gasteiger partial charge in [-0.2, -0.15) is 5.26 Å². The van der Waals surface area contributed by atoms with Crippen molar-refractivity contribution in [3.63, 3.8) is 0 Å². The summed E-state index contributed by atoms with van der Waals surface area (Å²) < 4.78 is 13.7. The van der Waals surface area contributed by atoms with Gasteiger partial charge in [0.05, 0.1) is 10.5 Å². The number of piperidine rings is 1. The second kappa shape index (κ2) is 6.71. The van der Waals surface area contributed by atoms with Crippen molar-refractivity contribution in [2.45, 2.75) is 25.3 Å². The molecular formula is C14H15BrFN3O. The third kappa shape index (κ3) is 3.28. The number of nitrogens with one attached hydrogen (secondary N) is 1. The molecule has 1 amide bonds. The van der Waals surface area contributed by atoms with E-state index in [0.717, 1.165) is 31.5 Å². The molecule has 2 rings (SSSR count). The molecule has 1 aromatic carbocycles. The summed E-state index contributed by atoms with van der Waals surface area (Å²) in [6.07, 6.45) is 2.72. The van der Waals surface area contributed by atoms with Crippen LogP contribution in [0.4, 0.5) is 10.1 Å². The van der Waals surface area contributed by atoms with Crippen LogP contribution in [0.25, 0.3) is 0 Å².